The Morgan fingerprint density at radius 1 is 1.14 bits per heavy atom. The fourth-order valence-electron chi connectivity index (χ4n) is 1.60. The van der Waals surface area contributed by atoms with E-state index in [0.29, 0.717) is 21.6 Å². The highest BCUT2D eigenvalue weighted by molar-refractivity contribution is 6.43. The summed E-state index contributed by atoms with van der Waals surface area (Å²) < 4.78 is 0. The van der Waals surface area contributed by atoms with Gasteiger partial charge < -0.3 is 10.6 Å². The highest BCUT2D eigenvalue weighted by atomic mass is 35.5. The molecule has 1 aromatic carbocycles. The lowest BCUT2D eigenvalue weighted by Crippen LogP contribution is -2.27. The van der Waals surface area contributed by atoms with Crippen LogP contribution in [-0.2, 0) is 4.79 Å². The summed E-state index contributed by atoms with van der Waals surface area (Å²) in [7, 11) is 0. The van der Waals surface area contributed by atoms with Crippen molar-refractivity contribution in [3.63, 3.8) is 0 Å². The van der Waals surface area contributed by atoms with Gasteiger partial charge in [0.25, 0.3) is 0 Å². The number of carbonyl (C=O) groups excluding carboxylic acids is 1. The molecule has 6 heteroatoms. The number of rotatable bonds is 3. The zero-order valence-corrected chi connectivity index (χ0v) is 14.1. The van der Waals surface area contributed by atoms with E-state index in [4.69, 9.17) is 23.2 Å². The largest absolute Gasteiger partial charge is 0.353 e. The summed E-state index contributed by atoms with van der Waals surface area (Å²) in [5, 5.41) is 6.83. The van der Waals surface area contributed by atoms with Gasteiger partial charge in [-0.05, 0) is 24.3 Å². The maximum Gasteiger partial charge on any atom is 0.230 e. The highest BCUT2D eigenvalue weighted by Gasteiger charge is 2.21. The quantitative estimate of drug-likeness (QED) is 0.817. The lowest BCUT2D eigenvalue weighted by molar-refractivity contribution is -0.123. The molecule has 0 saturated heterocycles. The van der Waals surface area contributed by atoms with E-state index in [1.807, 2.05) is 39.0 Å². The Hall–Kier alpha value is -1.78. The van der Waals surface area contributed by atoms with Gasteiger partial charge in [0.15, 0.2) is 0 Å². The molecule has 1 heterocycles. The van der Waals surface area contributed by atoms with E-state index in [2.05, 4.69) is 15.6 Å². The molecule has 0 spiro atoms. The van der Waals surface area contributed by atoms with Gasteiger partial charge in [-0.1, -0.05) is 50.0 Å². The summed E-state index contributed by atoms with van der Waals surface area (Å²) in [6, 6.07) is 8.89. The van der Waals surface area contributed by atoms with E-state index in [1.54, 1.807) is 18.3 Å². The summed E-state index contributed by atoms with van der Waals surface area (Å²) in [6.07, 6.45) is 1.62. The second-order valence-corrected chi connectivity index (χ2v) is 6.65. The molecular formula is C16H17Cl2N3O. The fourth-order valence-corrected chi connectivity index (χ4v) is 1.95. The first-order chi connectivity index (χ1) is 10.3. The van der Waals surface area contributed by atoms with Crippen LogP contribution < -0.4 is 10.6 Å². The predicted molar refractivity (Wildman–Crippen MR) is 92.1 cm³/mol. The zero-order chi connectivity index (χ0) is 16.3. The molecule has 0 bridgehead atoms. The van der Waals surface area contributed by atoms with Crippen LogP contribution in [0.1, 0.15) is 20.8 Å². The normalized spacial score (nSPS) is 11.1. The third-order valence-electron chi connectivity index (χ3n) is 2.92. The van der Waals surface area contributed by atoms with E-state index in [-0.39, 0.29) is 5.91 Å². The van der Waals surface area contributed by atoms with Crippen LogP contribution >= 0.6 is 23.2 Å². The molecule has 116 valence electrons. The Morgan fingerprint density at radius 3 is 2.45 bits per heavy atom. The van der Waals surface area contributed by atoms with Crippen LogP contribution in [0.2, 0.25) is 10.0 Å². The molecular weight excluding hydrogens is 321 g/mol. The molecule has 22 heavy (non-hydrogen) atoms. The fraction of sp³-hybridized carbons (Fsp3) is 0.250. The smallest absolute Gasteiger partial charge is 0.230 e. The molecule has 1 amide bonds. The molecule has 0 radical (unpaired) electrons. The van der Waals surface area contributed by atoms with Crippen LogP contribution in [0.25, 0.3) is 0 Å². The summed E-state index contributed by atoms with van der Waals surface area (Å²) in [5.74, 6) is 0.418. The third-order valence-corrected chi connectivity index (χ3v) is 3.74. The number of aromatic nitrogens is 1. The molecule has 2 aromatic rings. The number of hydrogen-bond acceptors (Lipinski definition) is 3. The lowest BCUT2D eigenvalue weighted by atomic mass is 9.96. The van der Waals surface area contributed by atoms with E-state index in [1.165, 1.54) is 0 Å². The van der Waals surface area contributed by atoms with Crippen molar-refractivity contribution in [2.24, 2.45) is 5.41 Å². The van der Waals surface area contributed by atoms with E-state index in [0.717, 1.165) is 5.69 Å². The van der Waals surface area contributed by atoms with Crippen molar-refractivity contribution in [2.45, 2.75) is 20.8 Å². The number of anilines is 3. The number of carbonyl (C=O) groups is 1. The molecule has 4 nitrogen and oxygen atoms in total. The molecule has 2 rings (SSSR count). The Bertz CT molecular complexity index is 679. The first-order valence-corrected chi connectivity index (χ1v) is 7.51. The van der Waals surface area contributed by atoms with Crippen molar-refractivity contribution in [1.29, 1.82) is 0 Å². The molecule has 0 atom stereocenters. The number of halogens is 2. The average molecular weight is 338 g/mol. The van der Waals surface area contributed by atoms with Gasteiger partial charge in [-0.3, -0.25) is 4.79 Å². The number of nitrogens with one attached hydrogen (secondary N) is 2. The molecule has 0 aliphatic heterocycles. The standard InChI is InChI=1S/C16H17Cl2N3O/c1-16(2,3)15(22)21-13-8-7-10(9-19-13)20-12-6-4-5-11(17)14(12)18/h4-9,20H,1-3H3,(H,19,21,22). The number of benzene rings is 1. The summed E-state index contributed by atoms with van der Waals surface area (Å²) in [4.78, 5) is 16.1. The minimum Gasteiger partial charge on any atom is -0.353 e. The number of pyridine rings is 1. The van der Waals surface area contributed by atoms with Gasteiger partial charge in [0, 0.05) is 5.41 Å². The predicted octanol–water partition coefficient (Wildman–Crippen LogP) is 5.12. The van der Waals surface area contributed by atoms with E-state index < -0.39 is 5.41 Å². The van der Waals surface area contributed by atoms with Gasteiger partial charge in [-0.25, -0.2) is 4.98 Å². The van der Waals surface area contributed by atoms with E-state index >= 15 is 0 Å². The van der Waals surface area contributed by atoms with Crippen molar-refractivity contribution < 1.29 is 4.79 Å². The van der Waals surface area contributed by atoms with Crippen molar-refractivity contribution in [3.05, 3.63) is 46.6 Å². The summed E-state index contributed by atoms with van der Waals surface area (Å²) in [6.45, 7) is 5.54. The Labute approximate surface area is 139 Å². The highest BCUT2D eigenvalue weighted by Crippen LogP contribution is 2.31. The van der Waals surface area contributed by atoms with Crippen LogP contribution in [0.15, 0.2) is 36.5 Å². The van der Waals surface area contributed by atoms with Crippen molar-refractivity contribution in [2.75, 3.05) is 10.6 Å². The van der Waals surface area contributed by atoms with Gasteiger partial charge in [0.2, 0.25) is 5.91 Å². The minimum atomic E-state index is -0.465. The average Bonchev–Trinajstić information content (AvgIpc) is 2.45. The van der Waals surface area contributed by atoms with Crippen LogP contribution in [0.4, 0.5) is 17.2 Å². The SMILES string of the molecule is CC(C)(C)C(=O)Nc1ccc(Nc2cccc(Cl)c2Cl)cn1. The third kappa shape index (κ3) is 4.12. The molecule has 2 N–H and O–H groups in total. The van der Waals surface area contributed by atoms with Crippen molar-refractivity contribution in [3.8, 4) is 0 Å². The summed E-state index contributed by atoms with van der Waals surface area (Å²) in [5.41, 5.74) is 0.979. The van der Waals surface area contributed by atoms with Crippen molar-refractivity contribution >= 4 is 46.3 Å². The van der Waals surface area contributed by atoms with Gasteiger partial charge in [0.05, 0.1) is 27.6 Å². The molecule has 0 unspecified atom stereocenters. The molecule has 1 aromatic heterocycles. The molecule has 0 aliphatic carbocycles. The van der Waals surface area contributed by atoms with Gasteiger partial charge >= 0.3 is 0 Å². The number of hydrogen-bond donors (Lipinski definition) is 2. The monoisotopic (exact) mass is 337 g/mol. The molecule has 0 fully saturated rings. The Balaban J connectivity index is 2.09. The lowest BCUT2D eigenvalue weighted by Gasteiger charge is -2.17. The maximum atomic E-state index is 11.9. The minimum absolute atomic E-state index is 0.0846. The second kappa shape index (κ2) is 6.55. The maximum absolute atomic E-state index is 11.9. The van der Waals surface area contributed by atoms with Crippen LogP contribution in [-0.4, -0.2) is 10.9 Å². The first kappa shape index (κ1) is 16.6. The van der Waals surface area contributed by atoms with Gasteiger partial charge in [0.1, 0.15) is 5.82 Å². The topological polar surface area (TPSA) is 54.0 Å². The van der Waals surface area contributed by atoms with Crippen LogP contribution in [0, 0.1) is 5.41 Å². The Kier molecular flexibility index (Phi) is 4.94. The zero-order valence-electron chi connectivity index (χ0n) is 12.6. The Morgan fingerprint density at radius 2 is 1.86 bits per heavy atom. The number of nitrogens with zero attached hydrogens (tertiary/aromatic N) is 1. The van der Waals surface area contributed by atoms with E-state index in [9.17, 15) is 4.79 Å². The molecule has 0 aliphatic rings. The first-order valence-electron chi connectivity index (χ1n) is 6.76. The summed E-state index contributed by atoms with van der Waals surface area (Å²) >= 11 is 12.1. The second-order valence-electron chi connectivity index (χ2n) is 5.86. The van der Waals surface area contributed by atoms with Gasteiger partial charge in [-0.15, -0.1) is 0 Å². The number of amides is 1. The van der Waals surface area contributed by atoms with Crippen molar-refractivity contribution in [1.82, 2.24) is 4.98 Å². The van der Waals surface area contributed by atoms with Crippen LogP contribution in [0.5, 0.6) is 0 Å². The van der Waals surface area contributed by atoms with Gasteiger partial charge in [-0.2, -0.15) is 0 Å². The molecule has 0 saturated carbocycles. The van der Waals surface area contributed by atoms with Crippen LogP contribution in [0.3, 0.4) is 0 Å².